The van der Waals surface area contributed by atoms with E-state index in [0.717, 1.165) is 13.0 Å². The molecule has 0 atom stereocenters. The van der Waals surface area contributed by atoms with Crippen molar-refractivity contribution in [2.24, 2.45) is 0 Å². The predicted octanol–water partition coefficient (Wildman–Crippen LogP) is 3.18. The van der Waals surface area contributed by atoms with Crippen molar-refractivity contribution >= 4 is 6.09 Å². The highest BCUT2D eigenvalue weighted by Crippen LogP contribution is 2.28. The molecule has 1 aliphatic rings. The van der Waals surface area contributed by atoms with Crippen molar-refractivity contribution in [1.29, 1.82) is 0 Å². The van der Waals surface area contributed by atoms with Crippen LogP contribution in [0.15, 0.2) is 24.7 Å². The first kappa shape index (κ1) is 15.6. The number of aryl methyl sites for hydroxylation is 1. The minimum atomic E-state index is -0.434. The monoisotopic (exact) mass is 291 g/mol. The average molecular weight is 291 g/mol. The quantitative estimate of drug-likeness (QED) is 0.800. The number of likely N-dealkylation sites (tertiary alicyclic amines) is 1. The van der Waals surface area contributed by atoms with Gasteiger partial charge in [-0.25, -0.2) is 9.78 Å². The van der Waals surface area contributed by atoms with Crippen molar-refractivity contribution in [3.63, 3.8) is 0 Å². The summed E-state index contributed by atoms with van der Waals surface area (Å²) < 4.78 is 7.55. The van der Waals surface area contributed by atoms with Gasteiger partial charge in [-0.1, -0.05) is 12.2 Å². The second-order valence-electron chi connectivity index (χ2n) is 6.45. The van der Waals surface area contributed by atoms with Crippen LogP contribution in [0.3, 0.4) is 0 Å². The molecule has 0 aromatic carbocycles. The predicted molar refractivity (Wildman–Crippen MR) is 82.2 cm³/mol. The first-order valence-corrected chi connectivity index (χ1v) is 7.50. The van der Waals surface area contributed by atoms with Crippen molar-refractivity contribution in [3.05, 3.63) is 30.4 Å². The molecule has 0 bridgehead atoms. The Hall–Kier alpha value is -1.78. The molecule has 21 heavy (non-hydrogen) atoms. The summed E-state index contributed by atoms with van der Waals surface area (Å²) in [6, 6.07) is 0. The fourth-order valence-corrected chi connectivity index (χ4v) is 2.38. The van der Waals surface area contributed by atoms with Crippen LogP contribution in [0.4, 0.5) is 4.79 Å². The number of carbonyl (C=O) groups is 1. The molecule has 1 aromatic heterocycles. The lowest BCUT2D eigenvalue weighted by Gasteiger charge is -2.39. The molecule has 1 amide bonds. The number of nitrogens with zero attached hydrogens (tertiary/aromatic N) is 3. The van der Waals surface area contributed by atoms with Crippen LogP contribution in [0.5, 0.6) is 0 Å². The third-order valence-corrected chi connectivity index (χ3v) is 3.47. The molecule has 0 aliphatic carbocycles. The van der Waals surface area contributed by atoms with Crippen LogP contribution >= 0.6 is 0 Å². The molecule has 0 radical (unpaired) electrons. The summed E-state index contributed by atoms with van der Waals surface area (Å²) in [5.41, 5.74) is 0.774. The molecular weight excluding hydrogens is 266 g/mol. The number of hydrogen-bond donors (Lipinski definition) is 0. The Bertz CT molecular complexity index is 508. The zero-order valence-electron chi connectivity index (χ0n) is 13.4. The lowest BCUT2D eigenvalue weighted by atomic mass is 9.97. The Morgan fingerprint density at radius 2 is 2.19 bits per heavy atom. The lowest BCUT2D eigenvalue weighted by molar-refractivity contribution is 0.00759. The van der Waals surface area contributed by atoms with Crippen LogP contribution in [0.2, 0.25) is 0 Å². The Morgan fingerprint density at radius 1 is 1.48 bits per heavy atom. The third kappa shape index (κ3) is 4.09. The van der Waals surface area contributed by atoms with Crippen LogP contribution in [0.25, 0.3) is 0 Å². The maximum atomic E-state index is 11.9. The number of rotatable bonds is 4. The summed E-state index contributed by atoms with van der Waals surface area (Å²) in [6.07, 6.45) is 8.77. The van der Waals surface area contributed by atoms with Gasteiger partial charge < -0.3 is 14.2 Å². The largest absolute Gasteiger partial charge is 0.444 e. The fourth-order valence-electron chi connectivity index (χ4n) is 2.38. The van der Waals surface area contributed by atoms with Gasteiger partial charge >= 0.3 is 6.09 Å². The van der Waals surface area contributed by atoms with Crippen molar-refractivity contribution in [2.45, 2.75) is 52.2 Å². The van der Waals surface area contributed by atoms with E-state index >= 15 is 0 Å². The number of amides is 1. The number of imidazole rings is 1. The van der Waals surface area contributed by atoms with Gasteiger partial charge in [0.15, 0.2) is 0 Å². The number of ether oxygens (including phenoxy) is 1. The second kappa shape index (κ2) is 6.33. The normalized spacial score (nSPS) is 16.3. The molecule has 2 heterocycles. The van der Waals surface area contributed by atoms with Gasteiger partial charge in [0.05, 0.1) is 6.33 Å². The van der Waals surface area contributed by atoms with E-state index in [1.54, 1.807) is 4.90 Å². The molecule has 0 N–H and O–H groups in total. The molecule has 0 saturated carbocycles. The maximum Gasteiger partial charge on any atom is 0.410 e. The standard InChI is InChI=1S/C16H25N3O2/c1-5-6-7-8-18-12-17-9-14(18)13-10-19(11-13)15(20)21-16(2,3)4/h5-6,9,12-13H,7-8,10-11H2,1-4H3/b6-5+. The summed E-state index contributed by atoms with van der Waals surface area (Å²) in [6.45, 7) is 10.0. The van der Waals surface area contributed by atoms with Crippen molar-refractivity contribution in [3.8, 4) is 0 Å². The van der Waals surface area contributed by atoms with Gasteiger partial charge in [-0.05, 0) is 34.1 Å². The number of hydrogen-bond acceptors (Lipinski definition) is 3. The molecule has 1 saturated heterocycles. The van der Waals surface area contributed by atoms with Gasteiger partial charge in [-0.3, -0.25) is 0 Å². The third-order valence-electron chi connectivity index (χ3n) is 3.47. The molecule has 1 aliphatic heterocycles. The maximum absolute atomic E-state index is 11.9. The Kier molecular flexibility index (Phi) is 4.70. The lowest BCUT2D eigenvalue weighted by Crippen LogP contribution is -2.50. The van der Waals surface area contributed by atoms with Gasteiger partial charge in [-0.15, -0.1) is 0 Å². The van der Waals surface area contributed by atoms with E-state index in [0.29, 0.717) is 19.0 Å². The summed E-state index contributed by atoms with van der Waals surface area (Å²) in [5, 5.41) is 0. The molecule has 5 nitrogen and oxygen atoms in total. The Morgan fingerprint density at radius 3 is 2.81 bits per heavy atom. The summed E-state index contributed by atoms with van der Waals surface area (Å²) in [4.78, 5) is 17.9. The SMILES string of the molecule is C/C=C/CCn1cncc1C1CN(C(=O)OC(C)(C)C)C1. The minimum Gasteiger partial charge on any atom is -0.444 e. The summed E-state index contributed by atoms with van der Waals surface area (Å²) >= 11 is 0. The molecule has 1 fully saturated rings. The van der Waals surface area contributed by atoms with Gasteiger partial charge in [0.25, 0.3) is 0 Å². The highest BCUT2D eigenvalue weighted by molar-refractivity contribution is 5.69. The first-order chi connectivity index (χ1) is 9.90. The number of carbonyl (C=O) groups excluding carboxylic acids is 1. The van der Waals surface area contributed by atoms with Crippen molar-refractivity contribution < 1.29 is 9.53 Å². The number of allylic oxidation sites excluding steroid dienone is 2. The first-order valence-electron chi connectivity index (χ1n) is 7.50. The van der Waals surface area contributed by atoms with Gasteiger partial charge in [0.2, 0.25) is 0 Å². The molecule has 2 rings (SSSR count). The van der Waals surface area contributed by atoms with E-state index in [2.05, 4.69) is 21.7 Å². The van der Waals surface area contributed by atoms with Gasteiger partial charge in [0.1, 0.15) is 5.60 Å². The fraction of sp³-hybridized carbons (Fsp3) is 0.625. The van der Waals surface area contributed by atoms with E-state index in [-0.39, 0.29) is 6.09 Å². The molecule has 5 heteroatoms. The van der Waals surface area contributed by atoms with Gasteiger partial charge in [-0.2, -0.15) is 0 Å². The smallest absolute Gasteiger partial charge is 0.410 e. The highest BCUT2D eigenvalue weighted by atomic mass is 16.6. The average Bonchev–Trinajstić information content (AvgIpc) is 2.73. The van der Waals surface area contributed by atoms with E-state index in [9.17, 15) is 4.79 Å². The molecular formula is C16H25N3O2. The minimum absolute atomic E-state index is 0.223. The second-order valence-corrected chi connectivity index (χ2v) is 6.45. The van der Waals surface area contributed by atoms with Gasteiger partial charge in [0, 0.05) is 37.4 Å². The zero-order chi connectivity index (χ0) is 15.5. The van der Waals surface area contributed by atoms with E-state index in [1.165, 1.54) is 5.69 Å². The topological polar surface area (TPSA) is 47.4 Å². The van der Waals surface area contributed by atoms with E-state index in [4.69, 9.17) is 4.74 Å². The van der Waals surface area contributed by atoms with Crippen LogP contribution in [0.1, 0.15) is 45.7 Å². The summed E-state index contributed by atoms with van der Waals surface area (Å²) in [7, 11) is 0. The van der Waals surface area contributed by atoms with Crippen LogP contribution in [-0.4, -0.2) is 39.2 Å². The Balaban J connectivity index is 1.87. The molecule has 0 unspecified atom stereocenters. The Labute approximate surface area is 126 Å². The van der Waals surface area contributed by atoms with Crippen molar-refractivity contribution in [2.75, 3.05) is 13.1 Å². The van der Waals surface area contributed by atoms with Crippen molar-refractivity contribution in [1.82, 2.24) is 14.5 Å². The molecule has 0 spiro atoms. The molecule has 116 valence electrons. The summed E-state index contributed by atoms with van der Waals surface area (Å²) in [5.74, 6) is 0.366. The van der Waals surface area contributed by atoms with Crippen LogP contribution in [0, 0.1) is 0 Å². The van der Waals surface area contributed by atoms with E-state index < -0.39 is 5.60 Å². The number of aromatic nitrogens is 2. The highest BCUT2D eigenvalue weighted by Gasteiger charge is 2.35. The van der Waals surface area contributed by atoms with Crippen LogP contribution < -0.4 is 0 Å². The van der Waals surface area contributed by atoms with Crippen LogP contribution in [-0.2, 0) is 11.3 Å². The van der Waals surface area contributed by atoms with E-state index in [1.807, 2.05) is 40.2 Å². The molecule has 1 aromatic rings. The zero-order valence-corrected chi connectivity index (χ0v) is 13.4.